The topological polar surface area (TPSA) is 319 Å². The fraction of sp³-hybridized carbons (Fsp3) is 0.450. The van der Waals surface area contributed by atoms with Crippen LogP contribution in [0, 0.1) is 11.8 Å². The molecule has 0 saturated carbocycles. The van der Waals surface area contributed by atoms with Crippen LogP contribution in [-0.2, 0) is 65.4 Å². The van der Waals surface area contributed by atoms with Gasteiger partial charge in [0.05, 0.1) is 20.4 Å². The first-order valence-corrected chi connectivity index (χ1v) is 27.8. The maximum Gasteiger partial charge on any atom is 1.00 e. The Bertz CT molecular complexity index is 2800. The maximum absolute atomic E-state index is 12.5. The SMILES string of the molecule is CC(C)(Oc1ccc(CCNC(=O)c2ccc(Cl)cc2)cc1)C(=O)O.CC(CNC(=O)OC(C)(C)C)C(=O)OCCl.CC(CNC(=O)OC(C)(C)C)C(=O)OCOC(=O)C(C)(C)Oc1ccc(CCNC(=O)c2ccc(Cl)cc2)cc1.O=CO[O-].[2H]CF.[Cs+].[Cs+].[H-]. The molecule has 4 amide bonds. The third kappa shape index (κ3) is 42.1. The Hall–Kier alpha value is -3.83. The van der Waals surface area contributed by atoms with Crippen molar-refractivity contribution in [3.63, 3.8) is 0 Å². The van der Waals surface area contributed by atoms with Gasteiger partial charge in [-0.3, -0.25) is 28.4 Å². The average Bonchev–Trinajstić information content (AvgIpc) is 2.92. The van der Waals surface area contributed by atoms with Crippen LogP contribution in [0.2, 0.25) is 10.0 Å². The van der Waals surface area contributed by atoms with Gasteiger partial charge in [0.25, 0.3) is 18.3 Å². The van der Waals surface area contributed by atoms with Crippen molar-refractivity contribution >= 4 is 89.2 Å². The molecule has 4 aromatic rings. The number of carbonyl (C=O) groups excluding carboxylic acids is 8. The Morgan fingerprint density at radius 3 is 1.25 bits per heavy atom. The minimum Gasteiger partial charge on any atom is -1.00 e. The van der Waals surface area contributed by atoms with Crippen molar-refractivity contribution in [2.24, 2.45) is 11.8 Å². The second-order valence-corrected chi connectivity index (χ2v) is 22.3. The van der Waals surface area contributed by atoms with E-state index in [9.17, 15) is 42.7 Å². The van der Waals surface area contributed by atoms with E-state index in [0.717, 1.165) is 11.1 Å². The van der Waals surface area contributed by atoms with Gasteiger partial charge in [0.1, 0.15) is 22.7 Å². The molecular formula is C60H80Cl3Cs2FN4O19. The Morgan fingerprint density at radius 1 is 0.596 bits per heavy atom. The summed E-state index contributed by atoms with van der Waals surface area (Å²) in [5.41, 5.74) is -0.784. The van der Waals surface area contributed by atoms with Crippen LogP contribution in [0.1, 0.15) is 118 Å². The molecule has 4 rings (SSSR count). The van der Waals surface area contributed by atoms with E-state index in [1.165, 1.54) is 27.7 Å². The van der Waals surface area contributed by atoms with Gasteiger partial charge in [0.2, 0.25) is 6.79 Å². The van der Waals surface area contributed by atoms with Crippen LogP contribution >= 0.6 is 34.8 Å². The molecule has 2 unspecified atom stereocenters. The summed E-state index contributed by atoms with van der Waals surface area (Å²) in [4.78, 5) is 105. The fourth-order valence-corrected chi connectivity index (χ4v) is 6.45. The molecule has 23 nitrogen and oxygen atoms in total. The molecule has 0 aliphatic rings. The standard InChI is InChI=1S/C29H37ClN2O8.C19H20ClNO4.C10H18ClNO4.CH3F.CH2O3.2Cs.H/c1-19(17-32-27(36)40-28(2,3)4)25(34)37-18-38-26(35)29(5,6)39-23-13-7-20(8-14-23)15-16-31-24(33)21-9-11-22(30)12-10-21;1-19(2,18(23)24)25-16-9-3-13(4-10-16)11-12-21-17(22)14-5-7-15(20)8-6-14;1-7(8(13)15-6-11)5-12-9(14)16-10(2,3)4;1-2;2-1-4-3;;;/h7-14,19H,15-18H2,1-6H3,(H,31,33)(H,32,36);3-10H,11-12H2,1-2H3,(H,21,22)(H,23,24);7H,5-6H2,1-4H3,(H,12,14);1H3;1,3H;;;/q;;;;;2*+1;-1/p-1/i;;;1D;;;;. The van der Waals surface area contributed by atoms with E-state index in [1.807, 2.05) is 24.3 Å². The van der Waals surface area contributed by atoms with Gasteiger partial charge in [-0.25, -0.2) is 19.2 Å². The number of benzene rings is 4. The summed E-state index contributed by atoms with van der Waals surface area (Å²) in [6.45, 7) is 20.0. The molecular weight excluding hydrogens is 1470 g/mol. The number of carboxylic acid groups (broad SMARTS) is 1. The predicted molar refractivity (Wildman–Crippen MR) is 321 cm³/mol. The first-order chi connectivity index (χ1) is 41.0. The number of esters is 3. The van der Waals surface area contributed by atoms with Gasteiger partial charge in [-0.05, 0) is 166 Å². The minimum atomic E-state index is -1.36. The van der Waals surface area contributed by atoms with Crippen molar-refractivity contribution in [1.29, 1.82) is 0 Å². The summed E-state index contributed by atoms with van der Waals surface area (Å²) in [5.74, 6) is -3.40. The number of ether oxygens (including phenoxy) is 7. The largest absolute Gasteiger partial charge is 1.00 e. The van der Waals surface area contributed by atoms with Crippen LogP contribution < -0.4 is 174 Å². The predicted octanol–water partition coefficient (Wildman–Crippen LogP) is 3.26. The monoisotopic (exact) mass is 1550 g/mol. The van der Waals surface area contributed by atoms with E-state index >= 15 is 0 Å². The van der Waals surface area contributed by atoms with E-state index < -0.39 is 84.3 Å². The summed E-state index contributed by atoms with van der Waals surface area (Å²) in [7, 11) is -1.00. The van der Waals surface area contributed by atoms with E-state index in [2.05, 4.69) is 30.9 Å². The summed E-state index contributed by atoms with van der Waals surface area (Å²) in [5, 5.41) is 29.3. The summed E-state index contributed by atoms with van der Waals surface area (Å²) < 4.78 is 51.5. The van der Waals surface area contributed by atoms with Gasteiger partial charge in [-0.1, -0.05) is 72.9 Å². The average molecular weight is 1550 g/mol. The zero-order valence-corrected chi connectivity index (χ0v) is 67.5. The zero-order chi connectivity index (χ0) is 67.3. The van der Waals surface area contributed by atoms with Gasteiger partial charge in [0, 0.05) is 47.4 Å². The number of carboxylic acids is 1. The van der Waals surface area contributed by atoms with Crippen LogP contribution in [0.3, 0.4) is 0 Å². The molecule has 0 radical (unpaired) electrons. The van der Waals surface area contributed by atoms with E-state index in [4.69, 9.17) is 79.8 Å². The van der Waals surface area contributed by atoms with Gasteiger partial charge in [-0.2, -0.15) is 0 Å². The van der Waals surface area contributed by atoms with Crippen LogP contribution in [0.25, 0.3) is 0 Å². The Labute approximate surface area is 654 Å². The molecule has 0 fully saturated rings. The number of hydrogen-bond donors (Lipinski definition) is 5. The molecule has 4 aromatic carbocycles. The number of rotatable bonds is 24. The first-order valence-electron chi connectivity index (χ1n) is 27.2. The number of alkyl carbamates (subject to hydrolysis) is 2. The zero-order valence-electron chi connectivity index (χ0n) is 54.6. The van der Waals surface area contributed by atoms with E-state index in [1.54, 1.807) is 128 Å². The molecule has 0 saturated heterocycles. The van der Waals surface area contributed by atoms with Gasteiger partial charge < -0.3 is 71.1 Å². The maximum atomic E-state index is 12.5. The third-order valence-corrected chi connectivity index (χ3v) is 11.2. The molecule has 0 aromatic heterocycles. The number of carbonyl (C=O) groups is 9. The van der Waals surface area contributed by atoms with Gasteiger partial charge >= 0.3 is 174 Å². The number of amides is 4. The minimum absolute atomic E-state index is 0. The van der Waals surface area contributed by atoms with Crippen LogP contribution in [0.5, 0.6) is 11.5 Å². The van der Waals surface area contributed by atoms with Crippen molar-refractivity contribution in [2.75, 3.05) is 46.2 Å². The number of aliphatic carboxylic acids is 1. The smallest absolute Gasteiger partial charge is 1.00 e. The van der Waals surface area contributed by atoms with E-state index in [0.29, 0.717) is 58.6 Å². The molecule has 89 heavy (non-hydrogen) atoms. The molecule has 29 heteroatoms. The molecule has 484 valence electrons. The fourth-order valence-electron chi connectivity index (χ4n) is 6.09. The number of halogens is 4. The molecule has 0 aliphatic heterocycles. The number of alkyl halides is 2. The van der Waals surface area contributed by atoms with Crippen molar-refractivity contribution in [1.82, 2.24) is 21.3 Å². The van der Waals surface area contributed by atoms with Crippen LogP contribution in [-0.4, -0.2) is 128 Å². The summed E-state index contributed by atoms with van der Waals surface area (Å²) >= 11 is 16.9. The quantitative estimate of drug-likeness (QED) is 0.0128. The Balaban J connectivity index is -0.000000633. The van der Waals surface area contributed by atoms with Gasteiger partial charge in [0.15, 0.2) is 17.3 Å². The van der Waals surface area contributed by atoms with Crippen molar-refractivity contribution in [3.05, 3.63) is 129 Å². The summed E-state index contributed by atoms with van der Waals surface area (Å²) in [6.07, 6.45) is 0.0498. The summed E-state index contributed by atoms with van der Waals surface area (Å²) in [6, 6.07) is 27.4. The van der Waals surface area contributed by atoms with E-state index in [-0.39, 0.29) is 177 Å². The third-order valence-electron chi connectivity index (χ3n) is 10.5. The molecule has 2 atom stereocenters. The normalized spacial score (nSPS) is 11.3. The second kappa shape index (κ2) is 47.1. The number of nitrogens with one attached hydrogen (secondary N) is 4. The number of hydrogen-bond acceptors (Lipinski definition) is 18. The molecule has 0 aliphatic carbocycles. The first kappa shape index (κ1) is 87.2. The van der Waals surface area contributed by atoms with Crippen molar-refractivity contribution in [2.45, 2.75) is 118 Å². The molecule has 0 heterocycles. The Kier molecular flexibility index (Phi) is 46.2. The molecule has 0 spiro atoms. The van der Waals surface area contributed by atoms with Crippen LogP contribution in [0.15, 0.2) is 97.1 Å². The van der Waals surface area contributed by atoms with Gasteiger partial charge in [-0.15, -0.1) is 0 Å². The Morgan fingerprint density at radius 2 is 0.933 bits per heavy atom. The molecule has 5 N–H and O–H groups in total. The second-order valence-electron chi connectivity index (χ2n) is 21.2. The van der Waals surface area contributed by atoms with Crippen molar-refractivity contribution < 1.29 is 237 Å². The van der Waals surface area contributed by atoms with Crippen LogP contribution in [0.4, 0.5) is 14.0 Å². The molecule has 0 bridgehead atoms. The van der Waals surface area contributed by atoms with Crippen molar-refractivity contribution in [3.8, 4) is 11.5 Å².